The Hall–Kier alpha value is -2.23. The molecule has 0 spiro atoms. The summed E-state index contributed by atoms with van der Waals surface area (Å²) in [6.45, 7) is 0. The quantitative estimate of drug-likeness (QED) is 0.852. The van der Waals surface area contributed by atoms with Crippen LogP contribution in [0.4, 0.5) is 11.4 Å². The predicted octanol–water partition coefficient (Wildman–Crippen LogP) is 2.59. The van der Waals surface area contributed by atoms with E-state index in [9.17, 15) is 8.42 Å². The van der Waals surface area contributed by atoms with E-state index in [0.29, 0.717) is 16.3 Å². The summed E-state index contributed by atoms with van der Waals surface area (Å²) in [5.74, 6) is 0. The third-order valence-corrected chi connectivity index (χ3v) is 4.22. The Morgan fingerprint density at radius 3 is 2.35 bits per heavy atom. The van der Waals surface area contributed by atoms with Gasteiger partial charge in [0.1, 0.15) is 4.90 Å². The molecule has 0 unspecified atom stereocenters. The van der Waals surface area contributed by atoms with Gasteiger partial charge in [0.05, 0.1) is 17.3 Å². The van der Waals surface area contributed by atoms with Gasteiger partial charge in [0, 0.05) is 10.7 Å². The van der Waals surface area contributed by atoms with E-state index in [1.165, 1.54) is 42.5 Å². The van der Waals surface area contributed by atoms with Gasteiger partial charge in [-0.2, -0.15) is 5.26 Å². The van der Waals surface area contributed by atoms with Crippen molar-refractivity contribution in [2.24, 2.45) is 0 Å². The summed E-state index contributed by atoms with van der Waals surface area (Å²) in [5.41, 5.74) is 6.52. The Bertz CT molecular complexity index is 780. The summed E-state index contributed by atoms with van der Waals surface area (Å²) in [5, 5.41) is 9.04. The van der Waals surface area contributed by atoms with Crippen molar-refractivity contribution in [3.8, 4) is 6.07 Å². The SMILES string of the molecule is N#Cc1ccc(NS(=O)(=O)c2ccc(Cl)cc2N)cc1. The summed E-state index contributed by atoms with van der Waals surface area (Å²) in [7, 11) is -3.80. The first-order valence-corrected chi connectivity index (χ1v) is 7.36. The standard InChI is InChI=1S/C13H10ClN3O2S/c14-10-3-6-13(12(16)7-10)20(18,19)17-11-4-1-9(8-15)2-5-11/h1-7,17H,16H2. The van der Waals surface area contributed by atoms with Crippen molar-refractivity contribution in [3.05, 3.63) is 53.1 Å². The largest absolute Gasteiger partial charge is 0.398 e. The van der Waals surface area contributed by atoms with Gasteiger partial charge in [0.2, 0.25) is 0 Å². The van der Waals surface area contributed by atoms with Gasteiger partial charge >= 0.3 is 0 Å². The molecule has 0 radical (unpaired) electrons. The lowest BCUT2D eigenvalue weighted by atomic mass is 10.2. The molecule has 0 bridgehead atoms. The number of rotatable bonds is 3. The average Bonchev–Trinajstić information content (AvgIpc) is 2.38. The molecule has 3 N–H and O–H groups in total. The molecular formula is C13H10ClN3O2S. The highest BCUT2D eigenvalue weighted by Crippen LogP contribution is 2.24. The van der Waals surface area contributed by atoms with E-state index in [1.54, 1.807) is 0 Å². The smallest absolute Gasteiger partial charge is 0.263 e. The number of hydrogen-bond acceptors (Lipinski definition) is 4. The lowest BCUT2D eigenvalue weighted by Gasteiger charge is -2.10. The van der Waals surface area contributed by atoms with Gasteiger partial charge in [-0.25, -0.2) is 8.42 Å². The molecule has 0 aromatic heterocycles. The number of nitriles is 1. The second kappa shape index (κ2) is 5.41. The number of nitrogens with one attached hydrogen (secondary N) is 1. The molecule has 2 aromatic carbocycles. The first-order chi connectivity index (χ1) is 9.42. The molecule has 20 heavy (non-hydrogen) atoms. The van der Waals surface area contributed by atoms with Crippen molar-refractivity contribution in [1.29, 1.82) is 5.26 Å². The van der Waals surface area contributed by atoms with Crippen molar-refractivity contribution >= 4 is 33.0 Å². The molecule has 0 heterocycles. The fourth-order valence-corrected chi connectivity index (χ4v) is 2.94. The molecule has 2 aromatic rings. The lowest BCUT2D eigenvalue weighted by molar-refractivity contribution is 0.601. The third kappa shape index (κ3) is 3.02. The lowest BCUT2D eigenvalue weighted by Crippen LogP contribution is -2.14. The number of hydrogen-bond donors (Lipinski definition) is 2. The number of nitrogens with zero attached hydrogens (tertiary/aromatic N) is 1. The van der Waals surface area contributed by atoms with Gasteiger partial charge in [-0.05, 0) is 42.5 Å². The summed E-state index contributed by atoms with van der Waals surface area (Å²) < 4.78 is 26.8. The van der Waals surface area contributed by atoms with E-state index in [2.05, 4.69) is 4.72 Å². The predicted molar refractivity (Wildman–Crippen MR) is 77.8 cm³/mol. The van der Waals surface area contributed by atoms with Gasteiger partial charge in [0.25, 0.3) is 10.0 Å². The second-order valence-electron chi connectivity index (χ2n) is 3.98. The van der Waals surface area contributed by atoms with Crippen molar-refractivity contribution in [2.45, 2.75) is 4.90 Å². The summed E-state index contributed by atoms with van der Waals surface area (Å²) in [4.78, 5) is -0.0498. The van der Waals surface area contributed by atoms with Gasteiger partial charge in [-0.15, -0.1) is 0 Å². The number of nitrogens with two attached hydrogens (primary N) is 1. The molecule has 0 aliphatic carbocycles. The molecular weight excluding hydrogens is 298 g/mol. The maximum absolute atomic E-state index is 12.2. The number of benzene rings is 2. The van der Waals surface area contributed by atoms with Gasteiger partial charge in [0.15, 0.2) is 0 Å². The van der Waals surface area contributed by atoms with Crippen LogP contribution in [0.3, 0.4) is 0 Å². The monoisotopic (exact) mass is 307 g/mol. The maximum Gasteiger partial charge on any atom is 0.263 e. The fraction of sp³-hybridized carbons (Fsp3) is 0. The van der Waals surface area contributed by atoms with Crippen LogP contribution in [0.25, 0.3) is 0 Å². The van der Waals surface area contributed by atoms with Crippen molar-refractivity contribution in [3.63, 3.8) is 0 Å². The van der Waals surface area contributed by atoms with Gasteiger partial charge < -0.3 is 5.73 Å². The van der Waals surface area contributed by atoms with Gasteiger partial charge in [-0.1, -0.05) is 11.6 Å². The molecule has 5 nitrogen and oxygen atoms in total. The Balaban J connectivity index is 2.33. The maximum atomic E-state index is 12.2. The van der Waals surface area contributed by atoms with Crippen LogP contribution in [0.15, 0.2) is 47.4 Å². The Morgan fingerprint density at radius 2 is 1.80 bits per heavy atom. The second-order valence-corrected chi connectivity index (χ2v) is 6.06. The molecule has 7 heteroatoms. The topological polar surface area (TPSA) is 96.0 Å². The molecule has 0 saturated heterocycles. The zero-order chi connectivity index (χ0) is 14.8. The van der Waals surface area contributed by atoms with Crippen LogP contribution in [-0.4, -0.2) is 8.42 Å². The van der Waals surface area contributed by atoms with Crippen LogP contribution < -0.4 is 10.5 Å². The fourth-order valence-electron chi connectivity index (χ4n) is 1.59. The Labute approximate surface area is 121 Å². The van der Waals surface area contributed by atoms with E-state index in [4.69, 9.17) is 22.6 Å². The first kappa shape index (κ1) is 14.2. The average molecular weight is 308 g/mol. The Kier molecular flexibility index (Phi) is 3.84. The number of nitrogen functional groups attached to an aromatic ring is 1. The van der Waals surface area contributed by atoms with Crippen molar-refractivity contribution in [1.82, 2.24) is 0 Å². The van der Waals surface area contributed by atoms with Crippen LogP contribution >= 0.6 is 11.6 Å². The zero-order valence-electron chi connectivity index (χ0n) is 10.2. The van der Waals surface area contributed by atoms with E-state index in [1.807, 2.05) is 6.07 Å². The highest BCUT2D eigenvalue weighted by Gasteiger charge is 2.17. The Morgan fingerprint density at radius 1 is 1.15 bits per heavy atom. The first-order valence-electron chi connectivity index (χ1n) is 5.50. The minimum Gasteiger partial charge on any atom is -0.398 e. The molecule has 2 rings (SSSR count). The molecule has 0 atom stereocenters. The summed E-state index contributed by atoms with van der Waals surface area (Å²) in [6.07, 6.45) is 0. The minimum absolute atomic E-state index is 0.0498. The summed E-state index contributed by atoms with van der Waals surface area (Å²) >= 11 is 5.73. The zero-order valence-corrected chi connectivity index (χ0v) is 11.7. The van der Waals surface area contributed by atoms with Crippen LogP contribution in [0, 0.1) is 11.3 Å². The number of sulfonamides is 1. The third-order valence-electron chi connectivity index (χ3n) is 2.53. The normalized spacial score (nSPS) is 10.8. The van der Waals surface area contributed by atoms with Crippen LogP contribution in [-0.2, 0) is 10.0 Å². The van der Waals surface area contributed by atoms with Gasteiger partial charge in [-0.3, -0.25) is 4.72 Å². The van der Waals surface area contributed by atoms with E-state index in [0.717, 1.165) is 0 Å². The van der Waals surface area contributed by atoms with Crippen molar-refractivity contribution < 1.29 is 8.42 Å². The number of anilines is 2. The van der Waals surface area contributed by atoms with E-state index < -0.39 is 10.0 Å². The van der Waals surface area contributed by atoms with E-state index in [-0.39, 0.29) is 10.6 Å². The molecule has 102 valence electrons. The molecule has 0 saturated carbocycles. The van der Waals surface area contributed by atoms with Crippen molar-refractivity contribution in [2.75, 3.05) is 10.5 Å². The molecule has 0 aliphatic heterocycles. The number of halogens is 1. The van der Waals surface area contributed by atoms with Crippen LogP contribution in [0.2, 0.25) is 5.02 Å². The van der Waals surface area contributed by atoms with Crippen LogP contribution in [0.1, 0.15) is 5.56 Å². The highest BCUT2D eigenvalue weighted by molar-refractivity contribution is 7.92. The van der Waals surface area contributed by atoms with E-state index >= 15 is 0 Å². The molecule has 0 fully saturated rings. The molecule has 0 amide bonds. The summed E-state index contributed by atoms with van der Waals surface area (Å²) in [6, 6.07) is 12.1. The van der Waals surface area contributed by atoms with Crippen LogP contribution in [0.5, 0.6) is 0 Å². The molecule has 0 aliphatic rings. The minimum atomic E-state index is -3.80. The highest BCUT2D eigenvalue weighted by atomic mass is 35.5.